The average molecular weight is 496 g/mol. The van der Waals surface area contributed by atoms with Gasteiger partial charge in [0.1, 0.15) is 17.0 Å². The molecule has 1 heterocycles. The highest BCUT2D eigenvalue weighted by atomic mass is 32.2. The Morgan fingerprint density at radius 2 is 1.62 bits per heavy atom. The van der Waals surface area contributed by atoms with Crippen molar-refractivity contribution < 1.29 is 27.5 Å². The quantitative estimate of drug-likeness (QED) is 0.624. The van der Waals surface area contributed by atoms with Gasteiger partial charge in [-0.3, -0.25) is 14.5 Å². The van der Waals surface area contributed by atoms with E-state index in [1.807, 2.05) is 0 Å². The van der Waals surface area contributed by atoms with Gasteiger partial charge in [-0.15, -0.1) is 0 Å². The Labute approximate surface area is 202 Å². The van der Waals surface area contributed by atoms with Gasteiger partial charge in [0.15, 0.2) is 0 Å². The normalized spacial score (nSPS) is 23.2. The van der Waals surface area contributed by atoms with Gasteiger partial charge < -0.3 is 14.8 Å². The van der Waals surface area contributed by atoms with Crippen LogP contribution in [-0.2, 0) is 19.6 Å². The zero-order valence-electron chi connectivity index (χ0n) is 20.6. The van der Waals surface area contributed by atoms with Crippen molar-refractivity contribution >= 4 is 27.5 Å². The second-order valence-electron chi connectivity index (χ2n) is 9.26. The zero-order valence-corrected chi connectivity index (χ0v) is 21.4. The molecule has 1 aliphatic heterocycles. The molecule has 190 valence electrons. The molecule has 1 aromatic carbocycles. The van der Waals surface area contributed by atoms with Crippen LogP contribution in [0.25, 0.3) is 0 Å². The van der Waals surface area contributed by atoms with Crippen molar-refractivity contribution in [2.24, 2.45) is 0 Å². The molecule has 0 bridgehead atoms. The van der Waals surface area contributed by atoms with Crippen LogP contribution in [0.5, 0.6) is 11.5 Å². The molecule has 9 nitrogen and oxygen atoms in total. The van der Waals surface area contributed by atoms with E-state index in [4.69, 9.17) is 9.47 Å². The molecule has 0 spiro atoms. The number of nitrogens with zero attached hydrogens (tertiary/aromatic N) is 2. The standard InChI is InChI=1S/C24H37N3O6S/c1-5-34(30,31)26-16-22(28)27(19-13-20(32-3)15-21(14-19)33-4)24(2,17-26)23(29)25-18-11-9-7-6-8-10-12-18/h13-15,18H,5-12,16-17H2,1-4H3,(H,25,29). The Morgan fingerprint density at radius 3 is 2.15 bits per heavy atom. The molecule has 1 aliphatic carbocycles. The third kappa shape index (κ3) is 5.66. The molecule has 34 heavy (non-hydrogen) atoms. The van der Waals surface area contributed by atoms with Gasteiger partial charge in [-0.1, -0.05) is 32.1 Å². The van der Waals surface area contributed by atoms with Crippen molar-refractivity contribution in [2.75, 3.05) is 38.0 Å². The van der Waals surface area contributed by atoms with E-state index in [1.165, 1.54) is 32.5 Å². The molecular formula is C24H37N3O6S. The second-order valence-corrected chi connectivity index (χ2v) is 11.5. The maximum atomic E-state index is 13.8. The van der Waals surface area contributed by atoms with E-state index in [0.29, 0.717) is 17.2 Å². The van der Waals surface area contributed by atoms with Gasteiger partial charge in [0.25, 0.3) is 0 Å². The molecule has 0 aromatic heterocycles. The molecule has 2 amide bonds. The van der Waals surface area contributed by atoms with Gasteiger partial charge in [-0.25, -0.2) is 8.42 Å². The highest BCUT2D eigenvalue weighted by Gasteiger charge is 2.51. The number of rotatable bonds is 7. The third-order valence-electron chi connectivity index (χ3n) is 6.82. The monoisotopic (exact) mass is 495 g/mol. The predicted molar refractivity (Wildman–Crippen MR) is 131 cm³/mol. The van der Waals surface area contributed by atoms with Crippen LogP contribution in [0.3, 0.4) is 0 Å². The van der Waals surface area contributed by atoms with Gasteiger partial charge in [-0.05, 0) is 26.7 Å². The Bertz CT molecular complexity index is 968. The predicted octanol–water partition coefficient (Wildman–Crippen LogP) is 2.69. The summed E-state index contributed by atoms with van der Waals surface area (Å²) in [6.45, 7) is 2.70. The van der Waals surface area contributed by atoms with Crippen LogP contribution in [0, 0.1) is 0 Å². The summed E-state index contributed by atoms with van der Waals surface area (Å²) in [4.78, 5) is 28.6. The number of nitrogens with one attached hydrogen (secondary N) is 1. The Morgan fingerprint density at radius 1 is 1.06 bits per heavy atom. The van der Waals surface area contributed by atoms with Crippen molar-refractivity contribution in [1.82, 2.24) is 9.62 Å². The van der Waals surface area contributed by atoms with Crippen molar-refractivity contribution in [3.05, 3.63) is 18.2 Å². The first-order valence-corrected chi connectivity index (χ1v) is 13.6. The van der Waals surface area contributed by atoms with Gasteiger partial charge in [0.05, 0.1) is 32.2 Å². The summed E-state index contributed by atoms with van der Waals surface area (Å²) in [6, 6.07) is 4.99. The lowest BCUT2D eigenvalue weighted by atomic mass is 9.92. The lowest BCUT2D eigenvalue weighted by molar-refractivity contribution is -0.133. The number of sulfonamides is 1. The van der Waals surface area contributed by atoms with E-state index in [1.54, 1.807) is 25.1 Å². The summed E-state index contributed by atoms with van der Waals surface area (Å²) in [7, 11) is -0.664. The summed E-state index contributed by atoms with van der Waals surface area (Å²) in [5.74, 6) is -0.0479. The Hall–Kier alpha value is -2.33. The van der Waals surface area contributed by atoms with Crippen LogP contribution >= 0.6 is 0 Å². The van der Waals surface area contributed by atoms with Gasteiger partial charge >= 0.3 is 0 Å². The van der Waals surface area contributed by atoms with Crippen LogP contribution < -0.4 is 19.7 Å². The fourth-order valence-corrected chi connectivity index (χ4v) is 5.93. The number of ether oxygens (including phenoxy) is 2. The van der Waals surface area contributed by atoms with Crippen LogP contribution in [0.2, 0.25) is 0 Å². The minimum atomic E-state index is -3.68. The van der Waals surface area contributed by atoms with Crippen LogP contribution in [-0.4, -0.2) is 69.2 Å². The smallest absolute Gasteiger partial charge is 0.247 e. The third-order valence-corrected chi connectivity index (χ3v) is 8.60. The minimum Gasteiger partial charge on any atom is -0.497 e. The number of carbonyl (C=O) groups is 2. The molecule has 1 atom stereocenters. The van der Waals surface area contributed by atoms with Crippen LogP contribution in [0.15, 0.2) is 18.2 Å². The van der Waals surface area contributed by atoms with Gasteiger partial charge in [0.2, 0.25) is 21.8 Å². The van der Waals surface area contributed by atoms with Crippen LogP contribution in [0.4, 0.5) is 5.69 Å². The molecule has 0 radical (unpaired) electrons. The van der Waals surface area contributed by atoms with E-state index in [9.17, 15) is 18.0 Å². The molecule has 1 aromatic rings. The van der Waals surface area contributed by atoms with E-state index >= 15 is 0 Å². The first-order valence-electron chi connectivity index (χ1n) is 12.0. The molecule has 2 fully saturated rings. The lowest BCUT2D eigenvalue weighted by Gasteiger charge is -2.47. The maximum absolute atomic E-state index is 13.8. The summed E-state index contributed by atoms with van der Waals surface area (Å²) >= 11 is 0. The highest BCUT2D eigenvalue weighted by molar-refractivity contribution is 7.89. The molecular weight excluding hydrogens is 458 g/mol. The first kappa shape index (κ1) is 26.3. The summed E-state index contributed by atoms with van der Waals surface area (Å²) in [6.07, 6.45) is 7.31. The van der Waals surface area contributed by atoms with Crippen molar-refractivity contribution in [3.8, 4) is 11.5 Å². The van der Waals surface area contributed by atoms with E-state index in [0.717, 1.165) is 42.8 Å². The molecule has 1 saturated heterocycles. The van der Waals surface area contributed by atoms with Gasteiger partial charge in [0, 0.05) is 30.8 Å². The van der Waals surface area contributed by atoms with Crippen LogP contribution in [0.1, 0.15) is 58.8 Å². The molecule has 1 saturated carbocycles. The Balaban J connectivity index is 2.02. The summed E-state index contributed by atoms with van der Waals surface area (Å²) < 4.78 is 37.3. The number of piperazine rings is 1. The zero-order chi connectivity index (χ0) is 24.9. The number of methoxy groups -OCH3 is 2. The topological polar surface area (TPSA) is 105 Å². The number of amides is 2. The molecule has 1 N–H and O–H groups in total. The number of anilines is 1. The van der Waals surface area contributed by atoms with E-state index < -0.39 is 21.5 Å². The summed E-state index contributed by atoms with van der Waals surface area (Å²) in [5, 5.41) is 3.15. The molecule has 10 heteroatoms. The molecule has 2 aliphatic rings. The van der Waals surface area contributed by atoms with Crippen molar-refractivity contribution in [2.45, 2.75) is 70.4 Å². The fourth-order valence-electron chi connectivity index (χ4n) is 4.81. The summed E-state index contributed by atoms with van der Waals surface area (Å²) in [5.41, 5.74) is -1.03. The largest absolute Gasteiger partial charge is 0.497 e. The first-order chi connectivity index (χ1) is 16.1. The number of carbonyl (C=O) groups excluding carboxylic acids is 2. The number of hydrogen-bond donors (Lipinski definition) is 1. The Kier molecular flexibility index (Phi) is 8.46. The maximum Gasteiger partial charge on any atom is 0.247 e. The molecule has 3 rings (SSSR count). The number of benzene rings is 1. The van der Waals surface area contributed by atoms with E-state index in [-0.39, 0.29) is 30.8 Å². The average Bonchev–Trinajstić information content (AvgIpc) is 2.79. The minimum absolute atomic E-state index is 0.000388. The molecule has 1 unspecified atom stereocenters. The highest BCUT2D eigenvalue weighted by Crippen LogP contribution is 2.36. The van der Waals surface area contributed by atoms with Crippen molar-refractivity contribution in [3.63, 3.8) is 0 Å². The van der Waals surface area contributed by atoms with Crippen molar-refractivity contribution in [1.29, 1.82) is 0 Å². The second kappa shape index (κ2) is 10.9. The lowest BCUT2D eigenvalue weighted by Crippen LogP contribution is -2.71. The number of hydrogen-bond acceptors (Lipinski definition) is 6. The van der Waals surface area contributed by atoms with Gasteiger partial charge in [-0.2, -0.15) is 4.31 Å². The SMILES string of the molecule is CCS(=O)(=O)N1CC(=O)N(c2cc(OC)cc(OC)c2)C(C)(C(=O)NC2CCCCCCC2)C1. The van der Waals surface area contributed by atoms with E-state index in [2.05, 4.69) is 5.32 Å². The fraction of sp³-hybridized carbons (Fsp3) is 0.667.